The zero-order valence-corrected chi connectivity index (χ0v) is 15.9. The van der Waals surface area contributed by atoms with E-state index < -0.39 is 0 Å². The zero-order valence-electron chi connectivity index (χ0n) is 15.9. The minimum Gasteiger partial charge on any atom is -0.372 e. The van der Waals surface area contributed by atoms with E-state index in [1.165, 1.54) is 5.56 Å². The van der Waals surface area contributed by atoms with Crippen LogP contribution in [-0.4, -0.2) is 37.4 Å². The number of para-hydroxylation sites is 2. The molecule has 2 aliphatic rings. The van der Waals surface area contributed by atoms with Crippen LogP contribution in [0.15, 0.2) is 54.6 Å². The van der Waals surface area contributed by atoms with Crippen molar-refractivity contribution in [3.8, 4) is 0 Å². The number of nitrogens with one attached hydrogen (secondary N) is 2. The van der Waals surface area contributed by atoms with E-state index in [9.17, 15) is 4.79 Å². The van der Waals surface area contributed by atoms with Crippen LogP contribution in [0.3, 0.4) is 0 Å². The van der Waals surface area contributed by atoms with E-state index in [1.54, 1.807) is 0 Å². The lowest BCUT2D eigenvalue weighted by molar-refractivity contribution is -0.00517. The summed E-state index contributed by atoms with van der Waals surface area (Å²) in [4.78, 5) is 14.8. The van der Waals surface area contributed by atoms with Gasteiger partial charge in [-0.3, -0.25) is 0 Å². The molecule has 2 aromatic rings. The van der Waals surface area contributed by atoms with Crippen molar-refractivity contribution >= 4 is 17.4 Å². The van der Waals surface area contributed by atoms with Crippen molar-refractivity contribution in [1.82, 2.24) is 5.32 Å². The van der Waals surface area contributed by atoms with E-state index in [-0.39, 0.29) is 24.3 Å². The molecule has 142 valence electrons. The van der Waals surface area contributed by atoms with Gasteiger partial charge in [-0.2, -0.15) is 0 Å². The van der Waals surface area contributed by atoms with Gasteiger partial charge in [0.15, 0.2) is 0 Å². The minimum absolute atomic E-state index is 0.139. The predicted octanol–water partition coefficient (Wildman–Crippen LogP) is 3.98. The molecule has 2 fully saturated rings. The summed E-state index contributed by atoms with van der Waals surface area (Å²) in [5, 5.41) is 6.15. The van der Waals surface area contributed by atoms with E-state index >= 15 is 0 Å². The third-order valence-electron chi connectivity index (χ3n) is 5.25. The lowest BCUT2D eigenvalue weighted by atomic mass is 10.1. The van der Waals surface area contributed by atoms with Crippen molar-refractivity contribution in [3.63, 3.8) is 0 Å². The second-order valence-corrected chi connectivity index (χ2v) is 7.64. The fourth-order valence-electron chi connectivity index (χ4n) is 3.98. The van der Waals surface area contributed by atoms with Crippen LogP contribution in [0.1, 0.15) is 31.7 Å². The van der Waals surface area contributed by atoms with Crippen molar-refractivity contribution in [3.05, 3.63) is 60.2 Å². The smallest absolute Gasteiger partial charge is 0.319 e. The van der Waals surface area contributed by atoms with Crippen molar-refractivity contribution in [2.75, 3.05) is 23.3 Å². The molecule has 0 radical (unpaired) electrons. The Labute approximate surface area is 160 Å². The maximum Gasteiger partial charge on any atom is 0.319 e. The van der Waals surface area contributed by atoms with Crippen LogP contribution in [0.4, 0.5) is 16.2 Å². The van der Waals surface area contributed by atoms with Crippen molar-refractivity contribution < 1.29 is 9.53 Å². The fraction of sp³-hybridized carbons (Fsp3) is 0.409. The number of urea groups is 1. The number of carbonyl (C=O) groups is 1. The summed E-state index contributed by atoms with van der Waals surface area (Å²) in [6.07, 6.45) is 1.35. The van der Waals surface area contributed by atoms with Gasteiger partial charge < -0.3 is 20.3 Å². The Morgan fingerprint density at radius 1 is 1.00 bits per heavy atom. The first-order chi connectivity index (χ1) is 13.1. The van der Waals surface area contributed by atoms with E-state index in [0.29, 0.717) is 5.92 Å². The molecule has 0 unspecified atom stereocenters. The number of amides is 2. The molecule has 4 atom stereocenters. The molecule has 2 amide bonds. The first-order valence-electron chi connectivity index (χ1n) is 9.72. The van der Waals surface area contributed by atoms with Crippen molar-refractivity contribution in [2.45, 2.75) is 44.4 Å². The summed E-state index contributed by atoms with van der Waals surface area (Å²) in [7, 11) is 0. The van der Waals surface area contributed by atoms with Crippen molar-refractivity contribution in [2.24, 2.45) is 0 Å². The van der Waals surface area contributed by atoms with Gasteiger partial charge in [-0.05, 0) is 38.0 Å². The minimum atomic E-state index is -0.139. The third-order valence-corrected chi connectivity index (χ3v) is 5.25. The normalized spacial score (nSPS) is 27.1. The van der Waals surface area contributed by atoms with E-state index in [4.69, 9.17) is 4.74 Å². The Morgan fingerprint density at radius 3 is 2.41 bits per heavy atom. The Bertz CT molecular complexity index is 785. The van der Waals surface area contributed by atoms with Gasteiger partial charge >= 0.3 is 6.03 Å². The summed E-state index contributed by atoms with van der Waals surface area (Å²) in [6.45, 7) is 5.82. The largest absolute Gasteiger partial charge is 0.372 e. The number of ether oxygens (including phenoxy) is 1. The molecular weight excluding hydrogens is 338 g/mol. The number of morpholine rings is 1. The molecular formula is C22H27N3O2. The van der Waals surface area contributed by atoms with Crippen LogP contribution in [0.25, 0.3) is 0 Å². The maximum atomic E-state index is 12.5. The predicted molar refractivity (Wildman–Crippen MR) is 108 cm³/mol. The average molecular weight is 365 g/mol. The molecule has 1 aliphatic carbocycles. The highest BCUT2D eigenvalue weighted by molar-refractivity contribution is 5.93. The Hall–Kier alpha value is -2.53. The molecule has 4 rings (SSSR count). The van der Waals surface area contributed by atoms with Crippen LogP contribution in [-0.2, 0) is 4.74 Å². The highest BCUT2D eigenvalue weighted by Crippen LogP contribution is 2.40. The summed E-state index contributed by atoms with van der Waals surface area (Å²) < 4.78 is 5.83. The topological polar surface area (TPSA) is 53.6 Å². The molecule has 1 saturated heterocycles. The van der Waals surface area contributed by atoms with Gasteiger partial charge in [0.2, 0.25) is 0 Å². The Morgan fingerprint density at radius 2 is 1.67 bits per heavy atom. The molecule has 0 spiro atoms. The SMILES string of the molecule is C[C@@H]1CN(c2ccccc2NC(=O)N[C@@H]2C[C@H]2c2ccccc2)C[C@H](C)O1. The second-order valence-electron chi connectivity index (χ2n) is 7.64. The lowest BCUT2D eigenvalue weighted by Gasteiger charge is -2.37. The van der Waals surface area contributed by atoms with Gasteiger partial charge in [-0.1, -0.05) is 42.5 Å². The zero-order chi connectivity index (χ0) is 18.8. The molecule has 5 nitrogen and oxygen atoms in total. The van der Waals surface area contributed by atoms with Crippen LogP contribution < -0.4 is 15.5 Å². The monoisotopic (exact) mass is 365 g/mol. The first kappa shape index (κ1) is 17.9. The summed E-state index contributed by atoms with van der Waals surface area (Å²) >= 11 is 0. The van der Waals surface area contributed by atoms with E-state index in [2.05, 4.69) is 47.6 Å². The van der Waals surface area contributed by atoms with Crippen LogP contribution in [0.2, 0.25) is 0 Å². The molecule has 1 heterocycles. The molecule has 5 heteroatoms. The fourth-order valence-corrected chi connectivity index (χ4v) is 3.98. The summed E-state index contributed by atoms with van der Waals surface area (Å²) in [5.74, 6) is 0.424. The highest BCUT2D eigenvalue weighted by Gasteiger charge is 2.39. The molecule has 2 N–H and O–H groups in total. The number of anilines is 2. The van der Waals surface area contributed by atoms with Gasteiger partial charge in [0, 0.05) is 25.0 Å². The molecule has 1 saturated carbocycles. The summed E-state index contributed by atoms with van der Waals surface area (Å²) in [6, 6.07) is 18.4. The molecule has 1 aliphatic heterocycles. The quantitative estimate of drug-likeness (QED) is 0.862. The molecule has 0 bridgehead atoms. The van der Waals surface area contributed by atoms with E-state index in [0.717, 1.165) is 30.9 Å². The standard InChI is InChI=1S/C22H27N3O2/c1-15-13-25(14-16(2)27-15)21-11-7-6-10-19(21)23-22(26)24-20-12-18(20)17-8-4-3-5-9-17/h3-11,15-16,18,20H,12-14H2,1-2H3,(H2,23,24,26)/t15-,16+,18-,20+/m0/s1. The average Bonchev–Trinajstić information content (AvgIpc) is 3.41. The maximum absolute atomic E-state index is 12.5. The lowest BCUT2D eigenvalue weighted by Crippen LogP contribution is -2.45. The highest BCUT2D eigenvalue weighted by atomic mass is 16.5. The number of nitrogens with zero attached hydrogens (tertiary/aromatic N) is 1. The van der Waals surface area contributed by atoms with Crippen molar-refractivity contribution in [1.29, 1.82) is 0 Å². The molecule has 2 aromatic carbocycles. The van der Waals surface area contributed by atoms with Crippen LogP contribution in [0, 0.1) is 0 Å². The number of hydrogen-bond acceptors (Lipinski definition) is 3. The van der Waals surface area contributed by atoms with Gasteiger partial charge in [0.05, 0.1) is 23.6 Å². The Balaban J connectivity index is 1.39. The van der Waals surface area contributed by atoms with Gasteiger partial charge in [0.25, 0.3) is 0 Å². The van der Waals surface area contributed by atoms with Gasteiger partial charge in [0.1, 0.15) is 0 Å². The Kier molecular flexibility index (Phi) is 5.03. The van der Waals surface area contributed by atoms with Crippen LogP contribution >= 0.6 is 0 Å². The third kappa shape index (κ3) is 4.25. The molecule has 27 heavy (non-hydrogen) atoms. The number of rotatable bonds is 4. The second kappa shape index (κ2) is 7.61. The number of hydrogen-bond donors (Lipinski definition) is 2. The van der Waals surface area contributed by atoms with E-state index in [1.807, 2.05) is 36.4 Å². The van der Waals surface area contributed by atoms with Gasteiger partial charge in [-0.25, -0.2) is 4.79 Å². The molecule has 0 aromatic heterocycles. The number of carbonyl (C=O) groups excluding carboxylic acids is 1. The number of benzene rings is 2. The first-order valence-corrected chi connectivity index (χ1v) is 9.72. The van der Waals surface area contributed by atoms with Crippen LogP contribution in [0.5, 0.6) is 0 Å². The van der Waals surface area contributed by atoms with Gasteiger partial charge in [-0.15, -0.1) is 0 Å². The summed E-state index contributed by atoms with van der Waals surface area (Å²) in [5.41, 5.74) is 3.18.